The summed E-state index contributed by atoms with van der Waals surface area (Å²) in [5, 5.41) is 24.9. The zero-order valence-corrected chi connectivity index (χ0v) is 20.5. The van der Waals surface area contributed by atoms with E-state index in [4.69, 9.17) is 4.74 Å². The van der Waals surface area contributed by atoms with Crippen molar-refractivity contribution in [1.29, 1.82) is 0 Å². The van der Waals surface area contributed by atoms with E-state index >= 15 is 0 Å². The van der Waals surface area contributed by atoms with Crippen molar-refractivity contribution in [2.24, 2.45) is 17.3 Å². The first-order valence-electron chi connectivity index (χ1n) is 12.8. The number of H-pyrrole nitrogens is 1. The highest BCUT2D eigenvalue weighted by Crippen LogP contribution is 2.60. The summed E-state index contributed by atoms with van der Waals surface area (Å²) in [4.78, 5) is 28.0. The molecule has 1 amide bonds. The SMILES string of the molecule is CCCC1CCC(C(=O)N2C[C@@H](OCc3ccccc3)C[C@H]2C(=O)O)C12CC=CC=C2c1nn[nH]n1. The second-order valence-corrected chi connectivity index (χ2v) is 10.1. The number of hydrogen-bond donors (Lipinski definition) is 2. The molecule has 2 heterocycles. The third-order valence-electron chi connectivity index (χ3n) is 8.19. The molecule has 9 nitrogen and oxygen atoms in total. The summed E-state index contributed by atoms with van der Waals surface area (Å²) in [5.74, 6) is -0.638. The Kier molecular flexibility index (Phi) is 7.00. The van der Waals surface area contributed by atoms with Crippen LogP contribution in [0, 0.1) is 17.3 Å². The number of aliphatic carboxylic acids is 1. The number of aromatic amines is 1. The number of ether oxygens (including phenoxy) is 1. The molecule has 5 rings (SSSR count). The molecule has 1 saturated heterocycles. The number of allylic oxidation sites excluding steroid dienone is 4. The van der Waals surface area contributed by atoms with Crippen molar-refractivity contribution in [1.82, 2.24) is 25.5 Å². The number of likely N-dealkylation sites (tertiary alicyclic amines) is 1. The van der Waals surface area contributed by atoms with Crippen LogP contribution in [0.1, 0.15) is 56.8 Å². The Balaban J connectivity index is 1.41. The molecule has 36 heavy (non-hydrogen) atoms. The zero-order valence-electron chi connectivity index (χ0n) is 20.5. The molecule has 3 aliphatic rings. The van der Waals surface area contributed by atoms with Gasteiger partial charge in [-0.05, 0) is 42.4 Å². The second-order valence-electron chi connectivity index (χ2n) is 10.1. The van der Waals surface area contributed by atoms with Crippen molar-refractivity contribution in [3.8, 4) is 0 Å². The van der Waals surface area contributed by atoms with Gasteiger partial charge in [0.15, 0.2) is 0 Å². The number of rotatable bonds is 8. The molecule has 2 aromatic rings. The standard InChI is InChI=1S/C27H33N5O4/c1-2-8-19-12-13-22(27(19)14-7-6-11-21(27)24-28-30-31-29-24)25(33)32-16-20(15-23(32)26(34)35)36-17-18-9-4-3-5-10-18/h3-7,9-11,19-20,22-23H,2,8,12-17H2,1H3,(H,34,35)(H,28,29,30,31)/t19?,20-,22?,23-,27?/m0/s1. The number of aromatic nitrogens is 4. The number of carbonyl (C=O) groups is 2. The van der Waals surface area contributed by atoms with Crippen LogP contribution >= 0.6 is 0 Å². The number of hydrogen-bond acceptors (Lipinski definition) is 6. The van der Waals surface area contributed by atoms with Crippen molar-refractivity contribution in [3.05, 3.63) is 59.9 Å². The highest BCUT2D eigenvalue weighted by Gasteiger charge is 2.57. The lowest BCUT2D eigenvalue weighted by molar-refractivity contribution is -0.151. The zero-order chi connectivity index (χ0) is 25.1. The number of benzene rings is 1. The van der Waals surface area contributed by atoms with Gasteiger partial charge in [-0.15, -0.1) is 10.2 Å². The summed E-state index contributed by atoms with van der Waals surface area (Å²) >= 11 is 0. The van der Waals surface area contributed by atoms with Crippen molar-refractivity contribution < 1.29 is 19.4 Å². The maximum Gasteiger partial charge on any atom is 0.326 e. The molecule has 1 aromatic heterocycles. The summed E-state index contributed by atoms with van der Waals surface area (Å²) in [5.41, 5.74) is 1.48. The Morgan fingerprint density at radius 2 is 2.08 bits per heavy atom. The van der Waals surface area contributed by atoms with Crippen LogP contribution in [-0.2, 0) is 20.9 Å². The average Bonchev–Trinajstić information content (AvgIpc) is 3.64. The molecule has 1 spiro atoms. The molecule has 3 unspecified atom stereocenters. The lowest BCUT2D eigenvalue weighted by atomic mass is 9.61. The van der Waals surface area contributed by atoms with Crippen LogP contribution in [0.3, 0.4) is 0 Å². The molecule has 2 fully saturated rings. The monoisotopic (exact) mass is 491 g/mol. The topological polar surface area (TPSA) is 121 Å². The van der Waals surface area contributed by atoms with Gasteiger partial charge in [0.2, 0.25) is 11.7 Å². The van der Waals surface area contributed by atoms with Crippen molar-refractivity contribution in [2.75, 3.05) is 6.54 Å². The highest BCUT2D eigenvalue weighted by molar-refractivity contribution is 5.89. The maximum absolute atomic E-state index is 14.2. The van der Waals surface area contributed by atoms with Gasteiger partial charge in [0.1, 0.15) is 6.04 Å². The molecule has 1 saturated carbocycles. The van der Waals surface area contributed by atoms with Crippen molar-refractivity contribution in [2.45, 2.75) is 64.2 Å². The minimum atomic E-state index is -0.983. The predicted molar refractivity (Wildman–Crippen MR) is 132 cm³/mol. The Bertz CT molecular complexity index is 1130. The Morgan fingerprint density at radius 1 is 1.25 bits per heavy atom. The van der Waals surface area contributed by atoms with E-state index in [-0.39, 0.29) is 30.4 Å². The molecule has 1 aliphatic heterocycles. The van der Waals surface area contributed by atoms with E-state index in [1.807, 2.05) is 42.5 Å². The van der Waals surface area contributed by atoms with Gasteiger partial charge < -0.3 is 14.7 Å². The quantitative estimate of drug-likeness (QED) is 0.578. The molecule has 1 aromatic carbocycles. The van der Waals surface area contributed by atoms with E-state index in [1.165, 1.54) is 0 Å². The number of amides is 1. The van der Waals surface area contributed by atoms with Crippen LogP contribution in [0.2, 0.25) is 0 Å². The van der Waals surface area contributed by atoms with Crippen LogP contribution in [-0.4, -0.2) is 61.2 Å². The van der Waals surface area contributed by atoms with E-state index < -0.39 is 17.4 Å². The summed E-state index contributed by atoms with van der Waals surface area (Å²) < 4.78 is 6.08. The van der Waals surface area contributed by atoms with Gasteiger partial charge in [-0.1, -0.05) is 61.9 Å². The minimum absolute atomic E-state index is 0.100. The maximum atomic E-state index is 14.2. The van der Waals surface area contributed by atoms with Gasteiger partial charge in [0.05, 0.1) is 12.7 Å². The number of carboxylic acid groups (broad SMARTS) is 1. The van der Waals surface area contributed by atoms with Gasteiger partial charge in [-0.25, -0.2) is 4.79 Å². The number of tetrazole rings is 1. The summed E-state index contributed by atoms with van der Waals surface area (Å²) in [6, 6.07) is 8.90. The molecule has 0 radical (unpaired) electrons. The second kappa shape index (κ2) is 10.3. The normalized spacial score (nSPS) is 29.6. The van der Waals surface area contributed by atoms with Gasteiger partial charge in [0.25, 0.3) is 0 Å². The Hall–Kier alpha value is -3.33. The van der Waals surface area contributed by atoms with Crippen LogP contribution in [0.25, 0.3) is 5.57 Å². The summed E-state index contributed by atoms with van der Waals surface area (Å²) in [7, 11) is 0. The van der Waals surface area contributed by atoms with E-state index in [1.54, 1.807) is 4.90 Å². The molecule has 2 aliphatic carbocycles. The Morgan fingerprint density at radius 3 is 2.81 bits per heavy atom. The van der Waals surface area contributed by atoms with E-state index in [9.17, 15) is 14.7 Å². The van der Waals surface area contributed by atoms with Gasteiger partial charge >= 0.3 is 5.97 Å². The third kappa shape index (κ3) is 4.36. The summed E-state index contributed by atoms with van der Waals surface area (Å²) in [6.07, 6.45) is 10.4. The lowest BCUT2D eigenvalue weighted by Gasteiger charge is -2.43. The molecular weight excluding hydrogens is 458 g/mol. The number of carboxylic acids is 1. The van der Waals surface area contributed by atoms with E-state index in [0.717, 1.165) is 30.4 Å². The van der Waals surface area contributed by atoms with Crippen LogP contribution in [0.15, 0.2) is 48.6 Å². The van der Waals surface area contributed by atoms with Crippen molar-refractivity contribution in [3.63, 3.8) is 0 Å². The van der Waals surface area contributed by atoms with Crippen LogP contribution in [0.5, 0.6) is 0 Å². The van der Waals surface area contributed by atoms with Crippen molar-refractivity contribution >= 4 is 17.4 Å². The minimum Gasteiger partial charge on any atom is -0.480 e. The number of nitrogens with zero attached hydrogens (tertiary/aromatic N) is 4. The Labute approximate surface area is 210 Å². The molecule has 190 valence electrons. The number of nitrogens with one attached hydrogen (secondary N) is 1. The molecule has 2 N–H and O–H groups in total. The fourth-order valence-electron chi connectivity index (χ4n) is 6.61. The molecular formula is C27H33N5O4. The molecule has 5 atom stereocenters. The fourth-order valence-corrected chi connectivity index (χ4v) is 6.61. The molecule has 0 bridgehead atoms. The third-order valence-corrected chi connectivity index (χ3v) is 8.19. The smallest absolute Gasteiger partial charge is 0.326 e. The first-order valence-corrected chi connectivity index (χ1v) is 12.8. The highest BCUT2D eigenvalue weighted by atomic mass is 16.5. The predicted octanol–water partition coefficient (Wildman–Crippen LogP) is 3.63. The average molecular weight is 492 g/mol. The van der Waals surface area contributed by atoms with Gasteiger partial charge in [-0.2, -0.15) is 5.21 Å². The lowest BCUT2D eigenvalue weighted by Crippen LogP contribution is -2.48. The fraction of sp³-hybridized carbons (Fsp3) is 0.519. The van der Waals surface area contributed by atoms with E-state index in [0.29, 0.717) is 31.7 Å². The molecule has 9 heteroatoms. The summed E-state index contributed by atoms with van der Waals surface area (Å²) in [6.45, 7) is 2.83. The van der Waals surface area contributed by atoms with Crippen LogP contribution < -0.4 is 0 Å². The van der Waals surface area contributed by atoms with Gasteiger partial charge in [0, 0.05) is 29.9 Å². The number of carbonyl (C=O) groups excluding carboxylic acids is 1. The van der Waals surface area contributed by atoms with E-state index in [2.05, 4.69) is 33.6 Å². The van der Waals surface area contributed by atoms with Crippen LogP contribution in [0.4, 0.5) is 0 Å². The first-order chi connectivity index (χ1) is 17.5. The largest absolute Gasteiger partial charge is 0.480 e. The first kappa shape index (κ1) is 24.4. The van der Waals surface area contributed by atoms with Gasteiger partial charge in [-0.3, -0.25) is 4.79 Å².